The van der Waals surface area contributed by atoms with Crippen LogP contribution >= 0.6 is 11.6 Å². The van der Waals surface area contributed by atoms with Crippen molar-refractivity contribution in [2.24, 2.45) is 0 Å². The number of nitrogens with zero attached hydrogens (tertiary/aromatic N) is 5. The number of pyridine rings is 1. The van der Waals surface area contributed by atoms with Crippen molar-refractivity contribution in [3.05, 3.63) is 51.8 Å². The molecule has 0 unspecified atom stereocenters. The predicted octanol–water partition coefficient (Wildman–Crippen LogP) is 5.05. The summed E-state index contributed by atoms with van der Waals surface area (Å²) < 4.78 is 2.02. The molecule has 0 N–H and O–H groups in total. The molecule has 1 amide bonds. The van der Waals surface area contributed by atoms with Crippen molar-refractivity contribution in [2.75, 3.05) is 31.1 Å². The van der Waals surface area contributed by atoms with E-state index in [0.717, 1.165) is 59.3 Å². The third-order valence-corrected chi connectivity index (χ3v) is 6.84. The monoisotopic (exact) mass is 467 g/mol. The molecule has 1 fully saturated rings. The van der Waals surface area contributed by atoms with Gasteiger partial charge in [-0.1, -0.05) is 17.7 Å². The Morgan fingerprint density at radius 3 is 2.39 bits per heavy atom. The zero-order valence-corrected chi connectivity index (χ0v) is 21.3. The van der Waals surface area contributed by atoms with Gasteiger partial charge in [0.05, 0.1) is 11.2 Å². The second-order valence-corrected chi connectivity index (χ2v) is 10.5. The zero-order chi connectivity index (χ0) is 23.9. The molecule has 2 aromatic heterocycles. The van der Waals surface area contributed by atoms with Crippen LogP contribution in [-0.4, -0.2) is 51.8 Å². The Hall–Kier alpha value is -2.60. The summed E-state index contributed by atoms with van der Waals surface area (Å²) in [7, 11) is 0. The molecule has 33 heavy (non-hydrogen) atoms. The van der Waals surface area contributed by atoms with Gasteiger partial charge < -0.3 is 9.80 Å². The van der Waals surface area contributed by atoms with Gasteiger partial charge in [-0.2, -0.15) is 5.10 Å². The number of carbonyl (C=O) groups is 1. The van der Waals surface area contributed by atoms with Gasteiger partial charge in [-0.15, -0.1) is 0 Å². The molecular weight excluding hydrogens is 434 g/mol. The van der Waals surface area contributed by atoms with Crippen LogP contribution in [0.1, 0.15) is 49.7 Å². The van der Waals surface area contributed by atoms with Crippen LogP contribution < -0.4 is 4.90 Å². The zero-order valence-electron chi connectivity index (χ0n) is 20.6. The van der Waals surface area contributed by atoms with Crippen LogP contribution in [0, 0.1) is 20.8 Å². The first-order valence-electron chi connectivity index (χ1n) is 11.7. The van der Waals surface area contributed by atoms with E-state index in [0.29, 0.717) is 12.8 Å². The number of piperazine rings is 1. The Morgan fingerprint density at radius 2 is 1.76 bits per heavy atom. The first-order chi connectivity index (χ1) is 15.6. The van der Waals surface area contributed by atoms with E-state index in [-0.39, 0.29) is 11.4 Å². The lowest BCUT2D eigenvalue weighted by Crippen LogP contribution is -2.48. The summed E-state index contributed by atoms with van der Waals surface area (Å²) in [6, 6.07) is 7.91. The van der Waals surface area contributed by atoms with Gasteiger partial charge in [-0.25, -0.2) is 9.67 Å². The molecule has 0 saturated carbocycles. The van der Waals surface area contributed by atoms with Crippen LogP contribution in [0.25, 0.3) is 11.0 Å². The van der Waals surface area contributed by atoms with Gasteiger partial charge in [-0.05, 0) is 77.3 Å². The van der Waals surface area contributed by atoms with E-state index >= 15 is 0 Å². The fourth-order valence-electron chi connectivity index (χ4n) is 4.82. The average Bonchev–Trinajstić information content (AvgIpc) is 3.10. The number of rotatable bonds is 4. The Morgan fingerprint density at radius 1 is 1.06 bits per heavy atom. The third-order valence-electron chi connectivity index (χ3n) is 6.60. The third kappa shape index (κ3) is 4.72. The minimum atomic E-state index is -0.136. The maximum Gasteiger partial charge on any atom is 0.223 e. The summed E-state index contributed by atoms with van der Waals surface area (Å²) in [5.74, 6) is 0.210. The number of hydrogen-bond acceptors (Lipinski definition) is 4. The molecule has 3 aromatic rings. The highest BCUT2D eigenvalue weighted by atomic mass is 35.5. The van der Waals surface area contributed by atoms with E-state index in [4.69, 9.17) is 21.7 Å². The Bertz CT molecular complexity index is 1190. The highest BCUT2D eigenvalue weighted by Crippen LogP contribution is 2.30. The minimum absolute atomic E-state index is 0.136. The van der Waals surface area contributed by atoms with Gasteiger partial charge in [0.1, 0.15) is 0 Å². The van der Waals surface area contributed by atoms with E-state index in [1.165, 1.54) is 11.1 Å². The maximum atomic E-state index is 13.0. The van der Waals surface area contributed by atoms with Crippen molar-refractivity contribution >= 4 is 34.2 Å². The molecule has 0 atom stereocenters. The van der Waals surface area contributed by atoms with Gasteiger partial charge in [0, 0.05) is 54.4 Å². The highest BCUT2D eigenvalue weighted by molar-refractivity contribution is 6.30. The quantitative estimate of drug-likeness (QED) is 0.539. The topological polar surface area (TPSA) is 54.3 Å². The summed E-state index contributed by atoms with van der Waals surface area (Å²) in [5.41, 5.74) is 6.27. The molecule has 4 rings (SSSR count). The number of aromatic nitrogens is 3. The van der Waals surface area contributed by atoms with Crippen LogP contribution in [-0.2, 0) is 16.8 Å². The molecule has 1 saturated heterocycles. The molecule has 0 spiro atoms. The molecule has 3 heterocycles. The summed E-state index contributed by atoms with van der Waals surface area (Å²) in [6.45, 7) is 15.8. The standard InChI is InChI=1S/C26H34ClN5O/c1-17-22(18(2)28-25-24(17)19(3)29-32(25)26(4,5)6)10-11-23(33)31-14-12-30(13-15-31)21-9-7-8-20(27)16-21/h7-9,16H,10-15H2,1-6H3. The number of amides is 1. The molecule has 176 valence electrons. The van der Waals surface area contributed by atoms with Crippen LogP contribution in [0.15, 0.2) is 24.3 Å². The van der Waals surface area contributed by atoms with E-state index in [9.17, 15) is 4.79 Å². The minimum Gasteiger partial charge on any atom is -0.368 e. The number of benzene rings is 1. The first kappa shape index (κ1) is 23.6. The van der Waals surface area contributed by atoms with Crippen molar-refractivity contribution in [1.82, 2.24) is 19.7 Å². The molecular formula is C26H34ClN5O. The van der Waals surface area contributed by atoms with Crippen LogP contribution in [0.5, 0.6) is 0 Å². The Balaban J connectivity index is 1.44. The lowest BCUT2D eigenvalue weighted by Gasteiger charge is -2.36. The van der Waals surface area contributed by atoms with Crippen molar-refractivity contribution < 1.29 is 4.79 Å². The van der Waals surface area contributed by atoms with Crippen LogP contribution in [0.3, 0.4) is 0 Å². The highest BCUT2D eigenvalue weighted by Gasteiger charge is 2.25. The van der Waals surface area contributed by atoms with E-state index in [2.05, 4.69) is 38.7 Å². The second kappa shape index (κ2) is 8.98. The molecule has 1 aliphatic heterocycles. The van der Waals surface area contributed by atoms with Gasteiger partial charge >= 0.3 is 0 Å². The molecule has 0 aliphatic carbocycles. The Kier molecular flexibility index (Phi) is 6.41. The summed E-state index contributed by atoms with van der Waals surface area (Å²) in [5, 5.41) is 6.64. The summed E-state index contributed by atoms with van der Waals surface area (Å²) in [4.78, 5) is 22.2. The fraction of sp³-hybridized carbons (Fsp3) is 0.500. The van der Waals surface area contributed by atoms with Crippen molar-refractivity contribution in [3.8, 4) is 0 Å². The van der Waals surface area contributed by atoms with E-state index in [1.54, 1.807) is 0 Å². The number of anilines is 1. The van der Waals surface area contributed by atoms with Crippen molar-refractivity contribution in [2.45, 2.75) is 59.9 Å². The van der Waals surface area contributed by atoms with Crippen LogP contribution in [0.2, 0.25) is 5.02 Å². The van der Waals surface area contributed by atoms with Gasteiger partial charge in [0.15, 0.2) is 5.65 Å². The van der Waals surface area contributed by atoms with Gasteiger partial charge in [0.2, 0.25) is 5.91 Å². The lowest BCUT2D eigenvalue weighted by molar-refractivity contribution is -0.131. The number of carbonyl (C=O) groups excluding carboxylic acids is 1. The van der Waals surface area contributed by atoms with E-state index < -0.39 is 0 Å². The number of hydrogen-bond donors (Lipinski definition) is 0. The number of aryl methyl sites for hydroxylation is 3. The largest absolute Gasteiger partial charge is 0.368 e. The number of halogens is 1. The predicted molar refractivity (Wildman–Crippen MR) is 135 cm³/mol. The SMILES string of the molecule is Cc1nc2c(c(C)nn2C(C)(C)C)c(C)c1CCC(=O)N1CCN(c2cccc(Cl)c2)CC1. The second-order valence-electron chi connectivity index (χ2n) is 10.0. The smallest absolute Gasteiger partial charge is 0.223 e. The summed E-state index contributed by atoms with van der Waals surface area (Å²) >= 11 is 6.14. The van der Waals surface area contributed by atoms with E-state index in [1.807, 2.05) is 41.6 Å². The van der Waals surface area contributed by atoms with Gasteiger partial charge in [0.25, 0.3) is 0 Å². The fourth-order valence-corrected chi connectivity index (χ4v) is 5.00. The summed E-state index contributed by atoms with van der Waals surface area (Å²) in [6.07, 6.45) is 1.20. The molecule has 0 bridgehead atoms. The van der Waals surface area contributed by atoms with Crippen molar-refractivity contribution in [1.29, 1.82) is 0 Å². The van der Waals surface area contributed by atoms with Crippen LogP contribution in [0.4, 0.5) is 5.69 Å². The molecule has 1 aromatic carbocycles. The normalized spacial score (nSPS) is 14.9. The van der Waals surface area contributed by atoms with Crippen molar-refractivity contribution in [3.63, 3.8) is 0 Å². The molecule has 6 nitrogen and oxygen atoms in total. The average molecular weight is 468 g/mol. The lowest BCUT2D eigenvalue weighted by atomic mass is 9.98. The molecule has 0 radical (unpaired) electrons. The number of fused-ring (bicyclic) bond motifs is 1. The Labute approximate surface area is 201 Å². The molecule has 7 heteroatoms. The maximum absolute atomic E-state index is 13.0. The first-order valence-corrected chi connectivity index (χ1v) is 12.1. The molecule has 1 aliphatic rings. The van der Waals surface area contributed by atoms with Gasteiger partial charge in [-0.3, -0.25) is 4.79 Å².